The van der Waals surface area contributed by atoms with Gasteiger partial charge in [-0.2, -0.15) is 0 Å². The molecule has 0 bridgehead atoms. The fraction of sp³-hybridized carbons (Fsp3) is 0.176. The average Bonchev–Trinajstić information content (AvgIpc) is 2.51. The Kier molecular flexibility index (Phi) is 6.00. The first-order valence-electron chi connectivity index (χ1n) is 6.99. The van der Waals surface area contributed by atoms with Crippen LogP contribution in [0.3, 0.4) is 0 Å². The second kappa shape index (κ2) is 8.19. The molecule has 0 saturated heterocycles. The van der Waals surface area contributed by atoms with Gasteiger partial charge in [0.1, 0.15) is 12.4 Å². The van der Waals surface area contributed by atoms with Crippen molar-refractivity contribution in [2.24, 2.45) is 5.16 Å². The van der Waals surface area contributed by atoms with E-state index in [-0.39, 0.29) is 0 Å². The molecule has 0 radical (unpaired) electrons. The Balaban J connectivity index is 1.94. The van der Waals surface area contributed by atoms with Crippen LogP contribution in [0.5, 0.6) is 5.75 Å². The summed E-state index contributed by atoms with van der Waals surface area (Å²) >= 11 is 5.91. The van der Waals surface area contributed by atoms with E-state index in [1.807, 2.05) is 24.3 Å². The fourth-order valence-corrected chi connectivity index (χ4v) is 1.92. The maximum atomic E-state index is 11.6. The zero-order valence-corrected chi connectivity index (χ0v) is 13.6. The molecular weight excluding hydrogens is 316 g/mol. The van der Waals surface area contributed by atoms with Crippen molar-refractivity contribution in [2.45, 2.75) is 20.5 Å². The molecule has 2 aromatic carbocycles. The molecule has 0 aliphatic rings. The zero-order chi connectivity index (χ0) is 16.7. The Morgan fingerprint density at radius 2 is 1.96 bits per heavy atom. The molecule has 23 heavy (non-hydrogen) atoms. The number of benzene rings is 2. The highest BCUT2D eigenvalue weighted by Crippen LogP contribution is 2.19. The molecule has 120 valence electrons. The van der Waals surface area contributed by atoms with E-state index in [0.717, 1.165) is 5.56 Å². The predicted octanol–water partition coefficient (Wildman–Crippen LogP) is 4.86. The van der Waals surface area contributed by atoms with E-state index in [0.29, 0.717) is 28.8 Å². The lowest BCUT2D eigenvalue weighted by Crippen LogP contribution is -2.11. The first-order chi connectivity index (χ1) is 11.0. The number of carbonyl (C=O) groups excluding carboxylic acids is 1. The summed E-state index contributed by atoms with van der Waals surface area (Å²) in [5.41, 5.74) is 2.16. The van der Waals surface area contributed by atoms with E-state index >= 15 is 0 Å². The fourth-order valence-electron chi connectivity index (χ4n) is 1.74. The highest BCUT2D eigenvalue weighted by atomic mass is 35.5. The lowest BCUT2D eigenvalue weighted by molar-refractivity contribution is 0.166. The highest BCUT2D eigenvalue weighted by Gasteiger charge is 2.04. The number of nitrogens with zero attached hydrogens (tertiary/aromatic N) is 1. The molecule has 0 fully saturated rings. The van der Waals surface area contributed by atoms with Gasteiger partial charge in [-0.1, -0.05) is 35.0 Å². The van der Waals surface area contributed by atoms with E-state index in [2.05, 4.69) is 15.3 Å². The average molecular weight is 333 g/mol. The van der Waals surface area contributed by atoms with E-state index in [9.17, 15) is 4.79 Å². The molecule has 1 amide bonds. The quantitative estimate of drug-likeness (QED) is 0.483. The minimum absolute atomic E-state index is 0.358. The standard InChI is InChI=1S/C17H17ClN2O3/c1-12(2)20-23-17(21)19-15-7-3-5-13(9-15)11-22-16-8-4-6-14(18)10-16/h3-10H,11H2,1-2H3,(H,19,21). The number of halogens is 1. The number of hydrogen-bond donors (Lipinski definition) is 1. The maximum absolute atomic E-state index is 11.6. The topological polar surface area (TPSA) is 59.9 Å². The molecular formula is C17H17ClN2O3. The van der Waals surface area contributed by atoms with Crippen LogP contribution in [0, 0.1) is 0 Å². The minimum Gasteiger partial charge on any atom is -0.489 e. The summed E-state index contributed by atoms with van der Waals surface area (Å²) in [6.07, 6.45) is -0.640. The van der Waals surface area contributed by atoms with Gasteiger partial charge in [0.05, 0.1) is 5.71 Å². The third-order valence-corrected chi connectivity index (χ3v) is 2.92. The van der Waals surface area contributed by atoms with Crippen molar-refractivity contribution in [1.82, 2.24) is 0 Å². The third kappa shape index (κ3) is 6.00. The van der Waals surface area contributed by atoms with Gasteiger partial charge in [-0.3, -0.25) is 10.2 Å². The van der Waals surface area contributed by atoms with Gasteiger partial charge in [-0.25, -0.2) is 4.79 Å². The summed E-state index contributed by atoms with van der Waals surface area (Å²) in [5.74, 6) is 0.683. The molecule has 0 spiro atoms. The number of nitrogens with one attached hydrogen (secondary N) is 1. The predicted molar refractivity (Wildman–Crippen MR) is 91.1 cm³/mol. The first-order valence-corrected chi connectivity index (χ1v) is 7.37. The molecule has 0 atom stereocenters. The molecule has 0 unspecified atom stereocenters. The molecule has 6 heteroatoms. The van der Waals surface area contributed by atoms with E-state index in [4.69, 9.17) is 16.3 Å². The van der Waals surface area contributed by atoms with Crippen molar-refractivity contribution in [2.75, 3.05) is 5.32 Å². The number of rotatable bonds is 5. The summed E-state index contributed by atoms with van der Waals surface area (Å²) in [6.45, 7) is 3.83. The van der Waals surface area contributed by atoms with Crippen molar-refractivity contribution >= 4 is 29.1 Å². The molecule has 2 rings (SSSR count). The van der Waals surface area contributed by atoms with Crippen LogP contribution in [-0.2, 0) is 11.4 Å². The number of amides is 1. The number of anilines is 1. The summed E-state index contributed by atoms with van der Waals surface area (Å²) < 4.78 is 5.66. The Labute approximate surface area is 139 Å². The van der Waals surface area contributed by atoms with Crippen molar-refractivity contribution in [3.05, 3.63) is 59.1 Å². The number of hydrogen-bond acceptors (Lipinski definition) is 4. The minimum atomic E-state index is -0.640. The second-order valence-electron chi connectivity index (χ2n) is 4.99. The van der Waals surface area contributed by atoms with Gasteiger partial charge in [-0.15, -0.1) is 0 Å². The monoisotopic (exact) mass is 332 g/mol. The van der Waals surface area contributed by atoms with Crippen LogP contribution in [0.15, 0.2) is 53.7 Å². The first kappa shape index (κ1) is 16.8. The zero-order valence-electron chi connectivity index (χ0n) is 12.9. The smallest absolute Gasteiger partial charge is 0.437 e. The van der Waals surface area contributed by atoms with Gasteiger partial charge < -0.3 is 4.74 Å². The van der Waals surface area contributed by atoms with Crippen LogP contribution in [0.1, 0.15) is 19.4 Å². The Bertz CT molecular complexity index is 712. The molecule has 5 nitrogen and oxygen atoms in total. The lowest BCUT2D eigenvalue weighted by Gasteiger charge is -2.08. The van der Waals surface area contributed by atoms with Crippen molar-refractivity contribution in [3.63, 3.8) is 0 Å². The van der Waals surface area contributed by atoms with E-state index in [1.165, 1.54) is 0 Å². The van der Waals surface area contributed by atoms with Gasteiger partial charge in [-0.05, 0) is 49.7 Å². The van der Waals surface area contributed by atoms with Crippen molar-refractivity contribution in [1.29, 1.82) is 0 Å². The Hall–Kier alpha value is -2.53. The van der Waals surface area contributed by atoms with Crippen LogP contribution in [-0.4, -0.2) is 11.8 Å². The van der Waals surface area contributed by atoms with E-state index in [1.54, 1.807) is 38.1 Å². The second-order valence-corrected chi connectivity index (χ2v) is 5.43. The lowest BCUT2D eigenvalue weighted by atomic mass is 10.2. The molecule has 0 aliphatic heterocycles. The van der Waals surface area contributed by atoms with Gasteiger partial charge in [0, 0.05) is 10.7 Å². The van der Waals surface area contributed by atoms with Crippen LogP contribution >= 0.6 is 11.6 Å². The molecule has 1 N–H and O–H groups in total. The Morgan fingerprint density at radius 1 is 1.17 bits per heavy atom. The molecule has 0 saturated carbocycles. The number of oxime groups is 1. The molecule has 0 heterocycles. The summed E-state index contributed by atoms with van der Waals surface area (Å²) in [6, 6.07) is 14.5. The van der Waals surface area contributed by atoms with Gasteiger partial charge in [0.25, 0.3) is 0 Å². The van der Waals surface area contributed by atoms with Crippen LogP contribution in [0.2, 0.25) is 5.02 Å². The van der Waals surface area contributed by atoms with Crippen molar-refractivity contribution < 1.29 is 14.4 Å². The van der Waals surface area contributed by atoms with Gasteiger partial charge in [0.2, 0.25) is 0 Å². The SMILES string of the molecule is CC(C)=NOC(=O)Nc1cccc(COc2cccc(Cl)c2)c1. The van der Waals surface area contributed by atoms with Crippen LogP contribution in [0.25, 0.3) is 0 Å². The number of ether oxygens (including phenoxy) is 1. The summed E-state index contributed by atoms with van der Waals surface area (Å²) in [5, 5.41) is 6.81. The van der Waals surface area contributed by atoms with E-state index < -0.39 is 6.09 Å². The molecule has 0 aromatic heterocycles. The largest absolute Gasteiger partial charge is 0.489 e. The normalized spacial score (nSPS) is 9.87. The van der Waals surface area contributed by atoms with Gasteiger partial charge in [0.15, 0.2) is 0 Å². The van der Waals surface area contributed by atoms with Crippen LogP contribution in [0.4, 0.5) is 10.5 Å². The third-order valence-electron chi connectivity index (χ3n) is 2.69. The number of carbonyl (C=O) groups is 1. The Morgan fingerprint density at radius 3 is 2.70 bits per heavy atom. The van der Waals surface area contributed by atoms with Gasteiger partial charge >= 0.3 is 6.09 Å². The maximum Gasteiger partial charge on any atom is 0.437 e. The summed E-state index contributed by atoms with van der Waals surface area (Å²) in [7, 11) is 0. The summed E-state index contributed by atoms with van der Waals surface area (Å²) in [4.78, 5) is 16.2. The van der Waals surface area contributed by atoms with Crippen LogP contribution < -0.4 is 10.1 Å². The highest BCUT2D eigenvalue weighted by molar-refractivity contribution is 6.30. The van der Waals surface area contributed by atoms with Crippen molar-refractivity contribution in [3.8, 4) is 5.75 Å². The molecule has 2 aromatic rings. The molecule has 0 aliphatic carbocycles.